The van der Waals surface area contributed by atoms with E-state index in [0.29, 0.717) is 12.1 Å². The summed E-state index contributed by atoms with van der Waals surface area (Å²) in [5.41, 5.74) is 7.76. The molecule has 0 radical (unpaired) electrons. The van der Waals surface area contributed by atoms with Gasteiger partial charge < -0.3 is 15.2 Å². The molecule has 0 bridgehead atoms. The van der Waals surface area contributed by atoms with Crippen LogP contribution in [0.5, 0.6) is 0 Å². The Balaban J connectivity index is 2.52. The van der Waals surface area contributed by atoms with Crippen LogP contribution in [0.4, 0.5) is 5.82 Å². The maximum Gasteiger partial charge on any atom is 0.227 e. The summed E-state index contributed by atoms with van der Waals surface area (Å²) >= 11 is 0. The smallest absolute Gasteiger partial charge is 0.227 e. The topological polar surface area (TPSA) is 81.1 Å². The lowest BCUT2D eigenvalue weighted by atomic mass is 10.3. The molecular weight excluding hydrogens is 206 g/mol. The largest absolute Gasteiger partial charge is 0.352 e. The number of nitrogens with two attached hydrogens (primary N) is 1. The number of hydrogen-bond acceptors (Lipinski definition) is 6. The first-order chi connectivity index (χ1) is 7.65. The zero-order valence-corrected chi connectivity index (χ0v) is 9.64. The second kappa shape index (κ2) is 4.05. The van der Waals surface area contributed by atoms with Crippen LogP contribution < -0.4 is 10.6 Å². The van der Waals surface area contributed by atoms with Crippen molar-refractivity contribution in [1.82, 2.24) is 15.1 Å². The minimum Gasteiger partial charge on any atom is -0.352 e. The Labute approximate surface area is 93.4 Å². The second-order valence-electron chi connectivity index (χ2n) is 3.84. The minimum absolute atomic E-state index is 0.184. The van der Waals surface area contributed by atoms with Crippen molar-refractivity contribution in [2.24, 2.45) is 5.73 Å². The Kier molecular flexibility index (Phi) is 2.74. The normalized spacial score (nSPS) is 13.0. The first-order valence-corrected chi connectivity index (χ1v) is 5.15. The molecule has 0 aliphatic rings. The molecule has 2 aromatic heterocycles. The number of anilines is 1. The van der Waals surface area contributed by atoms with Crippen LogP contribution in [0.15, 0.2) is 10.9 Å². The maximum atomic E-state index is 5.63. The zero-order chi connectivity index (χ0) is 11.7. The number of aryl methyl sites for hydroxylation is 1. The van der Waals surface area contributed by atoms with E-state index in [1.165, 1.54) is 6.33 Å². The predicted molar refractivity (Wildman–Crippen MR) is 61.3 cm³/mol. The average molecular weight is 221 g/mol. The van der Waals surface area contributed by atoms with Gasteiger partial charge in [-0.2, -0.15) is 0 Å². The van der Waals surface area contributed by atoms with Crippen molar-refractivity contribution in [1.29, 1.82) is 0 Å². The highest BCUT2D eigenvalue weighted by atomic mass is 16.5. The quantitative estimate of drug-likeness (QED) is 0.822. The third kappa shape index (κ3) is 1.61. The molecule has 0 aromatic carbocycles. The molecule has 2 heterocycles. The summed E-state index contributed by atoms with van der Waals surface area (Å²) in [7, 11) is 1.93. The molecule has 86 valence electrons. The SMILES string of the molecule is Cc1noc2c(N(C)C(C)CN)ncnc12. The van der Waals surface area contributed by atoms with E-state index in [4.69, 9.17) is 10.3 Å². The number of rotatable bonds is 3. The van der Waals surface area contributed by atoms with Crippen LogP contribution in [0.3, 0.4) is 0 Å². The van der Waals surface area contributed by atoms with Gasteiger partial charge in [-0.25, -0.2) is 9.97 Å². The van der Waals surface area contributed by atoms with Crippen LogP contribution in [-0.2, 0) is 0 Å². The standard InChI is InChI=1S/C10H15N5O/c1-6(4-11)15(3)10-9-8(12-5-13-10)7(2)14-16-9/h5-6H,4,11H2,1-3H3. The Bertz CT molecular complexity index is 495. The van der Waals surface area contributed by atoms with Gasteiger partial charge in [-0.1, -0.05) is 5.16 Å². The molecule has 16 heavy (non-hydrogen) atoms. The van der Waals surface area contributed by atoms with Gasteiger partial charge in [-0.15, -0.1) is 0 Å². The number of nitrogens with zero attached hydrogens (tertiary/aromatic N) is 4. The summed E-state index contributed by atoms with van der Waals surface area (Å²) in [6.45, 7) is 4.43. The van der Waals surface area contributed by atoms with E-state index >= 15 is 0 Å². The molecule has 0 aliphatic heterocycles. The van der Waals surface area contributed by atoms with E-state index in [9.17, 15) is 0 Å². The van der Waals surface area contributed by atoms with Crippen LogP contribution in [0.25, 0.3) is 11.1 Å². The van der Waals surface area contributed by atoms with Gasteiger partial charge in [-0.05, 0) is 13.8 Å². The predicted octanol–water partition coefficient (Wildman–Crippen LogP) is 0.710. The van der Waals surface area contributed by atoms with Crippen molar-refractivity contribution >= 4 is 16.9 Å². The van der Waals surface area contributed by atoms with Gasteiger partial charge in [0.2, 0.25) is 5.58 Å². The van der Waals surface area contributed by atoms with Gasteiger partial charge in [0.05, 0.1) is 0 Å². The molecule has 2 rings (SSSR count). The third-order valence-corrected chi connectivity index (χ3v) is 2.74. The number of likely N-dealkylation sites (N-methyl/N-ethyl adjacent to an activating group) is 1. The molecule has 0 aliphatic carbocycles. The summed E-state index contributed by atoms with van der Waals surface area (Å²) in [6, 6.07) is 0.184. The average Bonchev–Trinajstić information content (AvgIpc) is 2.69. The van der Waals surface area contributed by atoms with Gasteiger partial charge in [0.15, 0.2) is 5.82 Å². The zero-order valence-electron chi connectivity index (χ0n) is 9.64. The minimum atomic E-state index is 0.184. The highest BCUT2D eigenvalue weighted by Gasteiger charge is 2.17. The molecule has 0 spiro atoms. The number of aromatic nitrogens is 3. The molecular formula is C10H15N5O. The highest BCUT2D eigenvalue weighted by Crippen LogP contribution is 2.24. The van der Waals surface area contributed by atoms with Gasteiger partial charge in [0, 0.05) is 19.6 Å². The van der Waals surface area contributed by atoms with Gasteiger partial charge in [0.25, 0.3) is 0 Å². The van der Waals surface area contributed by atoms with E-state index in [1.54, 1.807) is 0 Å². The van der Waals surface area contributed by atoms with Crippen molar-refractivity contribution in [3.8, 4) is 0 Å². The molecule has 0 saturated heterocycles. The molecule has 6 heteroatoms. The van der Waals surface area contributed by atoms with Crippen molar-refractivity contribution in [2.75, 3.05) is 18.5 Å². The third-order valence-electron chi connectivity index (χ3n) is 2.74. The van der Waals surface area contributed by atoms with Gasteiger partial charge >= 0.3 is 0 Å². The summed E-state index contributed by atoms with van der Waals surface area (Å²) in [5.74, 6) is 0.726. The molecule has 6 nitrogen and oxygen atoms in total. The number of fused-ring (bicyclic) bond motifs is 1. The fourth-order valence-corrected chi connectivity index (χ4v) is 1.48. The monoisotopic (exact) mass is 221 g/mol. The maximum absolute atomic E-state index is 5.63. The van der Waals surface area contributed by atoms with Crippen LogP contribution in [0.1, 0.15) is 12.6 Å². The van der Waals surface area contributed by atoms with Crippen molar-refractivity contribution < 1.29 is 4.52 Å². The molecule has 2 N–H and O–H groups in total. The Morgan fingerprint density at radius 2 is 2.25 bits per heavy atom. The summed E-state index contributed by atoms with van der Waals surface area (Å²) in [5, 5.41) is 3.89. The number of hydrogen-bond donors (Lipinski definition) is 1. The van der Waals surface area contributed by atoms with E-state index in [0.717, 1.165) is 17.0 Å². The molecule has 0 saturated carbocycles. The van der Waals surface area contributed by atoms with E-state index in [-0.39, 0.29) is 6.04 Å². The van der Waals surface area contributed by atoms with E-state index in [1.807, 2.05) is 25.8 Å². The van der Waals surface area contributed by atoms with E-state index in [2.05, 4.69) is 15.1 Å². The fourth-order valence-electron chi connectivity index (χ4n) is 1.48. The summed E-state index contributed by atoms with van der Waals surface area (Å²) in [6.07, 6.45) is 1.52. The molecule has 2 aromatic rings. The van der Waals surface area contributed by atoms with Crippen LogP contribution in [-0.4, -0.2) is 34.8 Å². The summed E-state index contributed by atoms with van der Waals surface area (Å²) < 4.78 is 5.24. The molecule has 1 atom stereocenters. The van der Waals surface area contributed by atoms with Crippen molar-refractivity contribution in [2.45, 2.75) is 19.9 Å². The summed E-state index contributed by atoms with van der Waals surface area (Å²) in [4.78, 5) is 10.3. The Morgan fingerprint density at radius 3 is 2.94 bits per heavy atom. The van der Waals surface area contributed by atoms with Crippen LogP contribution >= 0.6 is 0 Å². The van der Waals surface area contributed by atoms with Crippen LogP contribution in [0.2, 0.25) is 0 Å². The Hall–Kier alpha value is -1.69. The first-order valence-electron chi connectivity index (χ1n) is 5.15. The van der Waals surface area contributed by atoms with Gasteiger partial charge in [-0.3, -0.25) is 0 Å². The molecule has 0 fully saturated rings. The lowest BCUT2D eigenvalue weighted by Gasteiger charge is -2.23. The molecule has 1 unspecified atom stereocenters. The second-order valence-corrected chi connectivity index (χ2v) is 3.84. The van der Waals surface area contributed by atoms with Crippen LogP contribution in [0, 0.1) is 6.92 Å². The first kappa shape index (κ1) is 10.8. The van der Waals surface area contributed by atoms with E-state index < -0.39 is 0 Å². The van der Waals surface area contributed by atoms with Gasteiger partial charge in [0.1, 0.15) is 17.5 Å². The Morgan fingerprint density at radius 1 is 1.50 bits per heavy atom. The lowest BCUT2D eigenvalue weighted by Crippen LogP contribution is -2.35. The fraction of sp³-hybridized carbons (Fsp3) is 0.500. The van der Waals surface area contributed by atoms with Crippen molar-refractivity contribution in [3.05, 3.63) is 12.0 Å². The molecule has 0 amide bonds. The lowest BCUT2D eigenvalue weighted by molar-refractivity contribution is 0.448. The highest BCUT2D eigenvalue weighted by molar-refractivity contribution is 5.84. The van der Waals surface area contributed by atoms with Crippen molar-refractivity contribution in [3.63, 3.8) is 0 Å².